The summed E-state index contributed by atoms with van der Waals surface area (Å²) in [6.45, 7) is 10.3. The number of carbonyl (C=O) groups is 2. The summed E-state index contributed by atoms with van der Waals surface area (Å²) >= 11 is 0. The van der Waals surface area contributed by atoms with Crippen molar-refractivity contribution >= 4 is 17.6 Å². The van der Waals surface area contributed by atoms with Crippen molar-refractivity contribution in [1.29, 1.82) is 0 Å². The van der Waals surface area contributed by atoms with Crippen LogP contribution in [0.15, 0.2) is 30.3 Å². The van der Waals surface area contributed by atoms with Crippen LogP contribution in [0.25, 0.3) is 0 Å². The molecule has 0 spiro atoms. The molecule has 7 nitrogen and oxygen atoms in total. The molecule has 2 aliphatic heterocycles. The smallest absolute Gasteiger partial charge is 0.321 e. The van der Waals surface area contributed by atoms with Gasteiger partial charge in [-0.05, 0) is 32.9 Å². The van der Waals surface area contributed by atoms with E-state index in [-0.39, 0.29) is 23.6 Å². The average Bonchev–Trinajstić information content (AvgIpc) is 2.61. The van der Waals surface area contributed by atoms with Gasteiger partial charge in [0.1, 0.15) is 0 Å². The van der Waals surface area contributed by atoms with E-state index in [9.17, 15) is 9.59 Å². The van der Waals surface area contributed by atoms with Crippen molar-refractivity contribution in [2.24, 2.45) is 0 Å². The van der Waals surface area contributed by atoms with Gasteiger partial charge in [-0.15, -0.1) is 0 Å². The fourth-order valence-corrected chi connectivity index (χ4v) is 3.88. The quantitative estimate of drug-likeness (QED) is 0.877. The number of rotatable bonds is 3. The number of hydrogen-bond donors (Lipinski definition) is 1. The lowest BCUT2D eigenvalue weighted by molar-refractivity contribution is -0.146. The molecule has 0 radical (unpaired) electrons. The van der Waals surface area contributed by atoms with Crippen molar-refractivity contribution in [3.05, 3.63) is 30.3 Å². The molecule has 0 aliphatic carbocycles. The van der Waals surface area contributed by atoms with Crippen LogP contribution in [0, 0.1) is 0 Å². The van der Waals surface area contributed by atoms with E-state index in [0.717, 1.165) is 18.8 Å². The van der Waals surface area contributed by atoms with E-state index in [2.05, 4.69) is 24.1 Å². The van der Waals surface area contributed by atoms with Gasteiger partial charge >= 0.3 is 6.03 Å². The van der Waals surface area contributed by atoms with Crippen molar-refractivity contribution in [2.45, 2.75) is 32.5 Å². The molecule has 7 heteroatoms. The van der Waals surface area contributed by atoms with Gasteiger partial charge in [0.05, 0.1) is 18.2 Å². The number of nitrogens with one attached hydrogen (secondary N) is 1. The number of ether oxygens (including phenoxy) is 1. The third-order valence-electron chi connectivity index (χ3n) is 4.94. The molecule has 2 saturated heterocycles. The molecule has 1 aromatic carbocycles. The van der Waals surface area contributed by atoms with E-state index in [0.29, 0.717) is 32.7 Å². The largest absolute Gasteiger partial charge is 0.370 e. The Morgan fingerprint density at radius 2 is 1.74 bits per heavy atom. The lowest BCUT2D eigenvalue weighted by atomic mass is 10.1. The second-order valence-corrected chi connectivity index (χ2v) is 8.02. The second-order valence-electron chi connectivity index (χ2n) is 8.02. The average molecular weight is 374 g/mol. The molecular weight excluding hydrogens is 344 g/mol. The van der Waals surface area contributed by atoms with Gasteiger partial charge in [-0.1, -0.05) is 18.2 Å². The lowest BCUT2D eigenvalue weighted by Gasteiger charge is -2.42. The molecule has 1 unspecified atom stereocenters. The van der Waals surface area contributed by atoms with E-state index in [1.807, 2.05) is 42.2 Å². The Balaban J connectivity index is 1.46. The fraction of sp³-hybridized carbons (Fsp3) is 0.600. The highest BCUT2D eigenvalue weighted by Crippen LogP contribution is 2.20. The molecule has 0 saturated carbocycles. The first kappa shape index (κ1) is 19.6. The minimum atomic E-state index is -0.230. The van der Waals surface area contributed by atoms with Crippen molar-refractivity contribution in [3.63, 3.8) is 0 Å². The van der Waals surface area contributed by atoms with Crippen LogP contribution in [-0.2, 0) is 9.53 Å². The number of anilines is 1. The molecule has 2 heterocycles. The first-order valence-corrected chi connectivity index (χ1v) is 9.61. The van der Waals surface area contributed by atoms with E-state index in [1.54, 1.807) is 4.90 Å². The monoisotopic (exact) mass is 374 g/mol. The maximum absolute atomic E-state index is 12.7. The minimum absolute atomic E-state index is 0.114. The standard InChI is InChI=1S/C20H30N4O3/c1-16-13-22(15-20(2,3)27-16)14-18(25)23-9-11-24(12-10-23)19(26)21-17-7-5-4-6-8-17/h4-8,16H,9-15H2,1-3H3,(H,21,26). The molecule has 0 aromatic heterocycles. The highest BCUT2D eigenvalue weighted by atomic mass is 16.5. The Hall–Kier alpha value is -2.12. The zero-order valence-electron chi connectivity index (χ0n) is 16.5. The normalized spacial score (nSPS) is 23.1. The number of amides is 3. The Bertz CT molecular complexity index is 656. The Morgan fingerprint density at radius 3 is 2.37 bits per heavy atom. The third-order valence-corrected chi connectivity index (χ3v) is 4.94. The van der Waals surface area contributed by atoms with Crippen molar-refractivity contribution in [3.8, 4) is 0 Å². The SMILES string of the molecule is CC1CN(CC(=O)N2CCN(C(=O)Nc3ccccc3)CC2)CC(C)(C)O1. The minimum Gasteiger partial charge on any atom is -0.370 e. The van der Waals surface area contributed by atoms with Gasteiger partial charge in [-0.2, -0.15) is 0 Å². The van der Waals surface area contributed by atoms with E-state index < -0.39 is 0 Å². The number of urea groups is 1. The van der Waals surface area contributed by atoms with Gasteiger partial charge in [0, 0.05) is 45.0 Å². The summed E-state index contributed by atoms with van der Waals surface area (Å²) in [7, 11) is 0. The molecule has 0 bridgehead atoms. The van der Waals surface area contributed by atoms with Gasteiger partial charge in [-0.3, -0.25) is 9.69 Å². The maximum Gasteiger partial charge on any atom is 0.321 e. The lowest BCUT2D eigenvalue weighted by Crippen LogP contribution is -2.57. The van der Waals surface area contributed by atoms with Crippen LogP contribution >= 0.6 is 0 Å². The molecule has 3 rings (SSSR count). The zero-order chi connectivity index (χ0) is 19.4. The van der Waals surface area contributed by atoms with Gasteiger partial charge in [-0.25, -0.2) is 4.79 Å². The topological polar surface area (TPSA) is 65.1 Å². The van der Waals surface area contributed by atoms with Crippen LogP contribution in [-0.4, -0.2) is 84.2 Å². The number of hydrogen-bond acceptors (Lipinski definition) is 4. The summed E-state index contributed by atoms with van der Waals surface area (Å²) in [5.74, 6) is 0.128. The summed E-state index contributed by atoms with van der Waals surface area (Å²) in [6, 6.07) is 9.30. The highest BCUT2D eigenvalue weighted by molar-refractivity contribution is 5.89. The number of carbonyl (C=O) groups excluding carboxylic acids is 2. The number of para-hydroxylation sites is 1. The summed E-state index contributed by atoms with van der Waals surface area (Å²) in [4.78, 5) is 30.8. The van der Waals surface area contributed by atoms with Gasteiger partial charge in [0.15, 0.2) is 0 Å². The van der Waals surface area contributed by atoms with Crippen LogP contribution in [0.3, 0.4) is 0 Å². The third kappa shape index (κ3) is 5.43. The molecule has 1 aromatic rings. The van der Waals surface area contributed by atoms with Crippen LogP contribution in [0.5, 0.6) is 0 Å². The number of morpholine rings is 1. The van der Waals surface area contributed by atoms with Crippen LogP contribution in [0.2, 0.25) is 0 Å². The van der Waals surface area contributed by atoms with Crippen molar-refractivity contribution < 1.29 is 14.3 Å². The molecule has 2 aliphatic rings. The summed E-state index contributed by atoms with van der Waals surface area (Å²) < 4.78 is 5.90. The fourth-order valence-electron chi connectivity index (χ4n) is 3.88. The molecule has 1 atom stereocenters. The van der Waals surface area contributed by atoms with Gasteiger partial charge < -0.3 is 19.9 Å². The van der Waals surface area contributed by atoms with Crippen molar-refractivity contribution in [1.82, 2.24) is 14.7 Å². The van der Waals surface area contributed by atoms with Crippen molar-refractivity contribution in [2.75, 3.05) is 51.1 Å². The Morgan fingerprint density at radius 1 is 1.11 bits per heavy atom. The van der Waals surface area contributed by atoms with Gasteiger partial charge in [0.2, 0.25) is 5.91 Å². The second kappa shape index (κ2) is 8.27. The number of nitrogens with zero attached hydrogens (tertiary/aromatic N) is 3. The molecule has 148 valence electrons. The number of piperazine rings is 1. The Labute approximate surface area is 161 Å². The summed E-state index contributed by atoms with van der Waals surface area (Å²) in [5, 5.41) is 2.90. The van der Waals surface area contributed by atoms with Crippen LogP contribution in [0.4, 0.5) is 10.5 Å². The molecular formula is C20H30N4O3. The highest BCUT2D eigenvalue weighted by Gasteiger charge is 2.33. The maximum atomic E-state index is 12.7. The van der Waals surface area contributed by atoms with E-state index in [4.69, 9.17) is 4.74 Å². The first-order valence-electron chi connectivity index (χ1n) is 9.61. The number of benzene rings is 1. The summed E-state index contributed by atoms with van der Waals surface area (Å²) in [5.41, 5.74) is 0.552. The van der Waals surface area contributed by atoms with Crippen LogP contribution < -0.4 is 5.32 Å². The molecule has 1 N–H and O–H groups in total. The molecule has 27 heavy (non-hydrogen) atoms. The first-order chi connectivity index (χ1) is 12.8. The zero-order valence-corrected chi connectivity index (χ0v) is 16.5. The molecule has 2 fully saturated rings. The predicted molar refractivity (Wildman–Crippen MR) is 105 cm³/mol. The summed E-state index contributed by atoms with van der Waals surface area (Å²) in [6.07, 6.45) is 0.125. The Kier molecular flexibility index (Phi) is 6.01. The van der Waals surface area contributed by atoms with E-state index >= 15 is 0 Å². The van der Waals surface area contributed by atoms with Crippen LogP contribution in [0.1, 0.15) is 20.8 Å². The van der Waals surface area contributed by atoms with E-state index in [1.165, 1.54) is 0 Å². The molecule has 3 amide bonds. The predicted octanol–water partition coefficient (Wildman–Crippen LogP) is 1.86. The van der Waals surface area contributed by atoms with Gasteiger partial charge in [0.25, 0.3) is 0 Å².